The highest BCUT2D eigenvalue weighted by atomic mass is 32.2. The van der Waals surface area contributed by atoms with Gasteiger partial charge in [0.25, 0.3) is 5.69 Å². The lowest BCUT2D eigenvalue weighted by Crippen LogP contribution is -2.31. The molecule has 0 bridgehead atoms. The first kappa shape index (κ1) is 21.0. The predicted octanol–water partition coefficient (Wildman–Crippen LogP) is 3.03. The topological polar surface area (TPSA) is 93.0 Å². The van der Waals surface area contributed by atoms with Crippen LogP contribution in [-0.4, -0.2) is 50.9 Å². The number of sulfonamides is 1. The quantitative estimate of drug-likeness (QED) is 0.479. The second-order valence-electron chi connectivity index (χ2n) is 6.74. The number of halogens is 1. The van der Waals surface area contributed by atoms with Gasteiger partial charge in [0.05, 0.1) is 17.2 Å². The van der Waals surface area contributed by atoms with E-state index in [1.54, 1.807) is 11.9 Å². The Hall–Kier alpha value is -2.72. The van der Waals surface area contributed by atoms with E-state index in [9.17, 15) is 22.9 Å². The van der Waals surface area contributed by atoms with E-state index >= 15 is 0 Å². The highest BCUT2D eigenvalue weighted by molar-refractivity contribution is 7.89. The average molecular weight is 423 g/mol. The van der Waals surface area contributed by atoms with Gasteiger partial charge in [-0.25, -0.2) is 12.8 Å². The molecule has 1 aliphatic heterocycles. The number of benzene rings is 2. The first-order valence-corrected chi connectivity index (χ1v) is 10.6. The van der Waals surface area contributed by atoms with E-state index in [1.807, 2.05) is 0 Å². The van der Waals surface area contributed by atoms with Gasteiger partial charge in [0.1, 0.15) is 23.1 Å². The van der Waals surface area contributed by atoms with Crippen LogP contribution in [0.15, 0.2) is 47.4 Å². The first-order valence-electron chi connectivity index (χ1n) is 9.17. The summed E-state index contributed by atoms with van der Waals surface area (Å²) in [6, 6.07) is 9.43. The molecule has 0 atom stereocenters. The van der Waals surface area contributed by atoms with Crippen molar-refractivity contribution in [1.29, 1.82) is 0 Å². The molecule has 156 valence electrons. The third-order valence-corrected chi connectivity index (χ3v) is 6.69. The minimum absolute atomic E-state index is 0.0853. The van der Waals surface area contributed by atoms with Crippen LogP contribution in [0, 0.1) is 15.9 Å². The molecule has 8 nitrogen and oxygen atoms in total. The van der Waals surface area contributed by atoms with Gasteiger partial charge in [-0.1, -0.05) is 0 Å². The summed E-state index contributed by atoms with van der Waals surface area (Å²) in [5, 5.41) is 11.2. The van der Waals surface area contributed by atoms with Crippen molar-refractivity contribution in [3.63, 3.8) is 0 Å². The summed E-state index contributed by atoms with van der Waals surface area (Å²) in [5.41, 5.74) is 0.0905. The molecule has 0 spiro atoms. The summed E-state index contributed by atoms with van der Waals surface area (Å²) in [4.78, 5) is 12.2. The average Bonchev–Trinajstić information content (AvgIpc) is 3.24. The number of likely N-dealkylation sites (N-methyl/N-ethyl adjacent to an activating group) is 1. The number of hydrogen-bond acceptors (Lipinski definition) is 6. The van der Waals surface area contributed by atoms with Gasteiger partial charge in [-0.15, -0.1) is 0 Å². The predicted molar refractivity (Wildman–Crippen MR) is 106 cm³/mol. The van der Waals surface area contributed by atoms with Gasteiger partial charge in [0, 0.05) is 32.3 Å². The van der Waals surface area contributed by atoms with Crippen LogP contribution in [0.5, 0.6) is 5.75 Å². The molecule has 0 aliphatic carbocycles. The molecule has 3 rings (SSSR count). The summed E-state index contributed by atoms with van der Waals surface area (Å²) in [6.45, 7) is 1.36. The highest BCUT2D eigenvalue weighted by Crippen LogP contribution is 2.32. The molecule has 1 fully saturated rings. The van der Waals surface area contributed by atoms with Crippen LogP contribution in [0.4, 0.5) is 15.8 Å². The largest absolute Gasteiger partial charge is 0.492 e. The molecule has 0 saturated carbocycles. The maximum atomic E-state index is 13.1. The second kappa shape index (κ2) is 8.75. The zero-order chi connectivity index (χ0) is 21.0. The molecular weight excluding hydrogens is 401 g/mol. The maximum Gasteiger partial charge on any atom is 0.270 e. The van der Waals surface area contributed by atoms with Crippen molar-refractivity contribution in [3.8, 4) is 5.75 Å². The summed E-state index contributed by atoms with van der Waals surface area (Å²) >= 11 is 0. The van der Waals surface area contributed by atoms with Gasteiger partial charge in [0.2, 0.25) is 10.0 Å². The van der Waals surface area contributed by atoms with Gasteiger partial charge in [-0.2, -0.15) is 4.31 Å². The molecule has 0 radical (unpaired) electrons. The Labute approximate surface area is 168 Å². The molecule has 1 saturated heterocycles. The van der Waals surface area contributed by atoms with Crippen LogP contribution in [0.2, 0.25) is 0 Å². The van der Waals surface area contributed by atoms with E-state index in [4.69, 9.17) is 4.74 Å². The zero-order valence-corrected chi connectivity index (χ0v) is 16.8. The van der Waals surface area contributed by atoms with Crippen molar-refractivity contribution in [1.82, 2.24) is 4.31 Å². The number of nitro benzene ring substituents is 1. The molecular formula is C19H22FN3O5S. The summed E-state index contributed by atoms with van der Waals surface area (Å²) in [7, 11) is -2.15. The Bertz CT molecular complexity index is 976. The van der Waals surface area contributed by atoms with Gasteiger partial charge < -0.3 is 9.64 Å². The Kier molecular flexibility index (Phi) is 6.33. The monoisotopic (exact) mass is 423 g/mol. The van der Waals surface area contributed by atoms with E-state index in [0.29, 0.717) is 31.1 Å². The van der Waals surface area contributed by atoms with Crippen molar-refractivity contribution >= 4 is 21.4 Å². The Morgan fingerprint density at radius 2 is 1.83 bits per heavy atom. The maximum absolute atomic E-state index is 13.1. The molecule has 2 aromatic carbocycles. The number of nitro groups is 1. The number of nitrogens with zero attached hydrogens (tertiary/aromatic N) is 3. The van der Waals surface area contributed by atoms with Crippen molar-refractivity contribution in [2.75, 3.05) is 38.2 Å². The van der Waals surface area contributed by atoms with E-state index in [-0.39, 0.29) is 23.0 Å². The zero-order valence-electron chi connectivity index (χ0n) is 16.0. The first-order chi connectivity index (χ1) is 13.8. The minimum atomic E-state index is -3.85. The lowest BCUT2D eigenvalue weighted by molar-refractivity contribution is -0.385. The molecule has 0 N–H and O–H groups in total. The molecule has 1 heterocycles. The molecule has 0 unspecified atom stereocenters. The number of anilines is 1. The third kappa shape index (κ3) is 4.83. The SMILES string of the molecule is CN(CCOc1ccc(F)cc1)c1ccc([N+](=O)[O-])cc1S(=O)(=O)N1CCCC1. The number of rotatable bonds is 8. The van der Waals surface area contributed by atoms with Gasteiger partial charge in [-0.3, -0.25) is 10.1 Å². The van der Waals surface area contributed by atoms with Crippen molar-refractivity contribution in [2.45, 2.75) is 17.7 Å². The minimum Gasteiger partial charge on any atom is -0.492 e. The van der Waals surface area contributed by atoms with Gasteiger partial charge in [-0.05, 0) is 43.2 Å². The standard InChI is InChI=1S/C19H22FN3O5S/c1-21(12-13-28-17-7-4-15(20)5-8-17)18-9-6-16(23(24)25)14-19(18)29(26,27)22-10-2-3-11-22/h4-9,14H,2-3,10-13H2,1H3. The van der Waals surface area contributed by atoms with Crippen LogP contribution in [0.1, 0.15) is 12.8 Å². The summed E-state index contributed by atoms with van der Waals surface area (Å²) in [6.07, 6.45) is 1.54. The van der Waals surface area contributed by atoms with Crippen LogP contribution < -0.4 is 9.64 Å². The van der Waals surface area contributed by atoms with Crippen molar-refractivity contribution in [3.05, 3.63) is 58.4 Å². The van der Waals surface area contributed by atoms with Crippen LogP contribution in [0.3, 0.4) is 0 Å². The Balaban J connectivity index is 1.81. The Morgan fingerprint density at radius 3 is 2.45 bits per heavy atom. The van der Waals surface area contributed by atoms with E-state index in [0.717, 1.165) is 18.9 Å². The summed E-state index contributed by atoms with van der Waals surface area (Å²) < 4.78 is 46.0. The van der Waals surface area contributed by atoms with E-state index in [2.05, 4.69) is 0 Å². The molecule has 2 aromatic rings. The second-order valence-corrected chi connectivity index (χ2v) is 8.65. The third-order valence-electron chi connectivity index (χ3n) is 4.76. The van der Waals surface area contributed by atoms with Gasteiger partial charge >= 0.3 is 0 Å². The summed E-state index contributed by atoms with van der Waals surface area (Å²) in [5.74, 6) is 0.130. The molecule has 0 aromatic heterocycles. The van der Waals surface area contributed by atoms with E-state index in [1.165, 1.54) is 40.7 Å². The van der Waals surface area contributed by atoms with Crippen LogP contribution in [0.25, 0.3) is 0 Å². The van der Waals surface area contributed by atoms with Crippen molar-refractivity contribution < 1.29 is 22.5 Å². The van der Waals surface area contributed by atoms with E-state index < -0.39 is 14.9 Å². The lowest BCUT2D eigenvalue weighted by Gasteiger charge is -2.24. The lowest BCUT2D eigenvalue weighted by atomic mass is 10.2. The fourth-order valence-corrected chi connectivity index (χ4v) is 4.93. The Morgan fingerprint density at radius 1 is 1.17 bits per heavy atom. The molecule has 10 heteroatoms. The molecule has 29 heavy (non-hydrogen) atoms. The number of non-ortho nitro benzene ring substituents is 1. The number of hydrogen-bond donors (Lipinski definition) is 0. The fraction of sp³-hybridized carbons (Fsp3) is 0.368. The fourth-order valence-electron chi connectivity index (χ4n) is 3.16. The smallest absolute Gasteiger partial charge is 0.270 e. The molecule has 1 aliphatic rings. The van der Waals surface area contributed by atoms with Crippen LogP contribution in [-0.2, 0) is 10.0 Å². The van der Waals surface area contributed by atoms with Gasteiger partial charge in [0.15, 0.2) is 0 Å². The normalized spacial score (nSPS) is 14.7. The van der Waals surface area contributed by atoms with Crippen molar-refractivity contribution in [2.24, 2.45) is 0 Å². The van der Waals surface area contributed by atoms with Crippen LogP contribution >= 0.6 is 0 Å². The highest BCUT2D eigenvalue weighted by Gasteiger charge is 2.31. The number of ether oxygens (including phenoxy) is 1. The molecule has 0 amide bonds.